The molecule has 0 saturated carbocycles. The maximum atomic E-state index is 13.6. The van der Waals surface area contributed by atoms with Gasteiger partial charge in [0.1, 0.15) is 17.3 Å². The minimum Gasteiger partial charge on any atom is -0.383 e. The molecule has 34 heavy (non-hydrogen) atoms. The van der Waals surface area contributed by atoms with Gasteiger partial charge in [-0.15, -0.1) is 0 Å². The molecule has 2 aromatic rings. The van der Waals surface area contributed by atoms with E-state index in [0.29, 0.717) is 23.5 Å². The molecule has 0 saturated heterocycles. The zero-order chi connectivity index (χ0) is 24.6. The molecule has 8 heteroatoms. The second-order valence-electron chi connectivity index (χ2n) is 9.48. The van der Waals surface area contributed by atoms with Gasteiger partial charge in [0.25, 0.3) is 11.5 Å². The number of nitrogens with two attached hydrogens (primary N) is 1. The summed E-state index contributed by atoms with van der Waals surface area (Å²) in [5, 5.41) is 8.45. The number of pyridine rings is 1. The van der Waals surface area contributed by atoms with Crippen molar-refractivity contribution in [3.8, 4) is 0 Å². The van der Waals surface area contributed by atoms with Gasteiger partial charge in [0.2, 0.25) is 0 Å². The maximum Gasteiger partial charge on any atom is 0.267 e. The number of aromatic nitrogens is 2. The summed E-state index contributed by atoms with van der Waals surface area (Å²) in [5.74, 6) is 0.0672. The lowest BCUT2D eigenvalue weighted by atomic mass is 9.74. The Morgan fingerprint density at radius 2 is 1.91 bits per heavy atom. The van der Waals surface area contributed by atoms with E-state index < -0.39 is 0 Å². The fraction of sp³-hybridized carbons (Fsp3) is 0.346. The average molecular weight is 459 g/mol. The molecule has 2 atom stereocenters. The normalized spacial score (nSPS) is 18.7. The first-order valence-corrected chi connectivity index (χ1v) is 11.5. The molecule has 0 radical (unpaired) electrons. The zero-order valence-corrected chi connectivity index (χ0v) is 19.9. The number of aliphatic imine (C=N–C) groups is 1. The molecule has 0 bridgehead atoms. The summed E-state index contributed by atoms with van der Waals surface area (Å²) < 4.78 is 1.51. The molecule has 8 nitrogen and oxygen atoms in total. The topological polar surface area (TPSA) is 117 Å². The lowest BCUT2D eigenvalue weighted by Crippen LogP contribution is -2.40. The van der Waals surface area contributed by atoms with Crippen LogP contribution in [0, 0.1) is 23.2 Å². The van der Waals surface area contributed by atoms with Gasteiger partial charge in [-0.25, -0.2) is 9.98 Å². The Balaban J connectivity index is 1.87. The molecule has 0 aliphatic carbocycles. The molecule has 1 amide bonds. The lowest BCUT2D eigenvalue weighted by molar-refractivity contribution is -0.121. The Hall–Kier alpha value is -3.81. The summed E-state index contributed by atoms with van der Waals surface area (Å²) in [4.78, 5) is 37.1. The van der Waals surface area contributed by atoms with E-state index >= 15 is 0 Å². The van der Waals surface area contributed by atoms with Crippen LogP contribution in [-0.2, 0) is 4.79 Å². The van der Waals surface area contributed by atoms with Crippen molar-refractivity contribution in [1.29, 1.82) is 5.41 Å². The van der Waals surface area contributed by atoms with Crippen LogP contribution >= 0.6 is 0 Å². The molecule has 4 rings (SSSR count). The number of anilines is 1. The SMILES string of the molecule is CC(C)CC(c1c(N)nc2ccccn2c1=O)C(/C=C1/C(=N)N=C2C=CC=CN2C1=O)C(C)C. The predicted molar refractivity (Wildman–Crippen MR) is 135 cm³/mol. The number of amidine groups is 2. The van der Waals surface area contributed by atoms with Crippen LogP contribution in [0.5, 0.6) is 0 Å². The molecule has 0 fully saturated rings. The molecule has 176 valence electrons. The highest BCUT2D eigenvalue weighted by Crippen LogP contribution is 2.38. The van der Waals surface area contributed by atoms with Crippen molar-refractivity contribution in [1.82, 2.24) is 14.3 Å². The molecule has 2 aliphatic heterocycles. The summed E-state index contributed by atoms with van der Waals surface area (Å²) in [7, 11) is 0. The minimum atomic E-state index is -0.300. The summed E-state index contributed by atoms with van der Waals surface area (Å²) in [5.41, 5.74) is 7.34. The van der Waals surface area contributed by atoms with E-state index in [0.717, 1.165) is 0 Å². The Morgan fingerprint density at radius 3 is 2.62 bits per heavy atom. The maximum absolute atomic E-state index is 13.6. The smallest absolute Gasteiger partial charge is 0.267 e. The number of carbonyl (C=O) groups excluding carboxylic acids is 1. The molecule has 4 heterocycles. The molecule has 0 spiro atoms. The van der Waals surface area contributed by atoms with E-state index in [1.807, 2.05) is 26.0 Å². The van der Waals surface area contributed by atoms with E-state index in [9.17, 15) is 9.59 Å². The van der Waals surface area contributed by atoms with Gasteiger partial charge in [-0.1, -0.05) is 45.9 Å². The number of nitrogen functional groups attached to an aromatic ring is 1. The van der Waals surface area contributed by atoms with Crippen LogP contribution in [0.1, 0.15) is 45.6 Å². The molecular weight excluding hydrogens is 428 g/mol. The third-order valence-electron chi connectivity index (χ3n) is 6.26. The number of hydrogen-bond donors (Lipinski definition) is 2. The molecule has 3 N–H and O–H groups in total. The standard InChI is InChI=1S/C26H30N6O2/c1-15(2)13-18(22-24(28)30-21-10-6-8-12-32(21)26(22)34)17(16(3)4)14-19-23(27)29-20-9-5-7-11-31(20)25(19)33/h5-12,14-18,27H,13,28H2,1-4H3/b19-14-,27-23?. The highest BCUT2D eigenvalue weighted by molar-refractivity contribution is 6.31. The second-order valence-corrected chi connectivity index (χ2v) is 9.48. The molecule has 2 unspecified atom stereocenters. The van der Waals surface area contributed by atoms with Crippen molar-refractivity contribution < 1.29 is 4.79 Å². The molecular formula is C26H30N6O2. The highest BCUT2D eigenvalue weighted by atomic mass is 16.2. The Bertz CT molecular complexity index is 1330. The summed E-state index contributed by atoms with van der Waals surface area (Å²) >= 11 is 0. The number of carbonyl (C=O) groups is 1. The van der Waals surface area contributed by atoms with Crippen molar-refractivity contribution in [3.05, 3.63) is 76.4 Å². The fourth-order valence-corrected chi connectivity index (χ4v) is 4.66. The van der Waals surface area contributed by atoms with E-state index in [1.165, 1.54) is 9.30 Å². The first kappa shape index (κ1) is 23.4. The number of amides is 1. The van der Waals surface area contributed by atoms with E-state index in [2.05, 4.69) is 23.8 Å². The summed E-state index contributed by atoms with van der Waals surface area (Å²) in [6.45, 7) is 8.28. The second kappa shape index (κ2) is 9.21. The third kappa shape index (κ3) is 4.23. The van der Waals surface area contributed by atoms with E-state index in [4.69, 9.17) is 11.1 Å². The van der Waals surface area contributed by atoms with Crippen molar-refractivity contribution in [2.24, 2.45) is 22.7 Å². The third-order valence-corrected chi connectivity index (χ3v) is 6.26. The van der Waals surface area contributed by atoms with Crippen LogP contribution < -0.4 is 11.3 Å². The fourth-order valence-electron chi connectivity index (χ4n) is 4.66. The number of nitrogens with zero attached hydrogens (tertiary/aromatic N) is 4. The van der Waals surface area contributed by atoms with Crippen LogP contribution in [0.15, 0.2) is 70.3 Å². The Labute approximate surface area is 198 Å². The predicted octanol–water partition coefficient (Wildman–Crippen LogP) is 3.91. The largest absolute Gasteiger partial charge is 0.383 e. The molecule has 2 aliphatic rings. The first-order chi connectivity index (χ1) is 16.2. The monoisotopic (exact) mass is 458 g/mol. The van der Waals surface area contributed by atoms with Crippen LogP contribution in [0.4, 0.5) is 5.82 Å². The Morgan fingerprint density at radius 1 is 1.15 bits per heavy atom. The number of hydrogen-bond acceptors (Lipinski definition) is 5. The first-order valence-electron chi connectivity index (χ1n) is 11.5. The van der Waals surface area contributed by atoms with Crippen molar-refractivity contribution in [3.63, 3.8) is 0 Å². The van der Waals surface area contributed by atoms with Crippen molar-refractivity contribution in [2.75, 3.05) is 5.73 Å². The lowest BCUT2D eigenvalue weighted by Gasteiger charge is -2.32. The summed E-state index contributed by atoms with van der Waals surface area (Å²) in [6.07, 6.45) is 11.1. The minimum absolute atomic E-state index is 0.0642. The number of rotatable bonds is 6. The van der Waals surface area contributed by atoms with Gasteiger partial charge in [0, 0.05) is 12.4 Å². The van der Waals surface area contributed by atoms with Crippen LogP contribution in [0.2, 0.25) is 0 Å². The van der Waals surface area contributed by atoms with E-state index in [1.54, 1.807) is 42.8 Å². The quantitative estimate of drug-likeness (QED) is 0.638. The van der Waals surface area contributed by atoms with Gasteiger partial charge < -0.3 is 5.73 Å². The van der Waals surface area contributed by atoms with Gasteiger partial charge >= 0.3 is 0 Å². The molecule has 0 aromatic carbocycles. The van der Waals surface area contributed by atoms with Crippen molar-refractivity contribution in [2.45, 2.75) is 40.0 Å². The van der Waals surface area contributed by atoms with Crippen LogP contribution in [0.25, 0.3) is 5.65 Å². The van der Waals surface area contributed by atoms with Gasteiger partial charge in [-0.2, -0.15) is 0 Å². The van der Waals surface area contributed by atoms with Crippen LogP contribution in [0.3, 0.4) is 0 Å². The average Bonchev–Trinajstić information content (AvgIpc) is 2.78. The van der Waals surface area contributed by atoms with Gasteiger partial charge in [-0.05, 0) is 54.4 Å². The zero-order valence-electron chi connectivity index (χ0n) is 19.9. The van der Waals surface area contributed by atoms with Gasteiger partial charge in [0.15, 0.2) is 5.84 Å². The highest BCUT2D eigenvalue weighted by Gasteiger charge is 2.35. The summed E-state index contributed by atoms with van der Waals surface area (Å²) in [6, 6.07) is 5.35. The number of nitrogens with one attached hydrogen (secondary N) is 1. The van der Waals surface area contributed by atoms with Gasteiger partial charge in [-0.3, -0.25) is 24.3 Å². The number of fused-ring (bicyclic) bond motifs is 2. The van der Waals surface area contributed by atoms with E-state index in [-0.39, 0.29) is 52.4 Å². The van der Waals surface area contributed by atoms with Crippen LogP contribution in [-0.4, -0.2) is 31.9 Å². The number of allylic oxidation sites excluding steroid dienone is 3. The molecule has 2 aromatic heterocycles. The van der Waals surface area contributed by atoms with Crippen molar-refractivity contribution >= 4 is 29.0 Å². The Kier molecular flexibility index (Phi) is 6.32. The van der Waals surface area contributed by atoms with Gasteiger partial charge in [0.05, 0.1) is 11.1 Å².